The normalized spacial score (nSPS) is 13.1. The average molecular weight is 602 g/mol. The number of hydrogen-bond acceptors (Lipinski definition) is 3. The van der Waals surface area contributed by atoms with Crippen LogP contribution in [0.15, 0.2) is 152 Å². The first-order valence-electron chi connectivity index (χ1n) is 16.1. The van der Waals surface area contributed by atoms with Crippen LogP contribution in [0.25, 0.3) is 77.7 Å². The summed E-state index contributed by atoms with van der Waals surface area (Å²) in [6.45, 7) is 4.69. The zero-order valence-corrected chi connectivity index (χ0v) is 26.3. The summed E-state index contributed by atoms with van der Waals surface area (Å²) in [6, 6.07) is 49.9. The van der Waals surface area contributed by atoms with Crippen molar-refractivity contribution in [3.05, 3.63) is 163 Å². The van der Waals surface area contributed by atoms with E-state index in [4.69, 9.17) is 9.97 Å². The van der Waals surface area contributed by atoms with Crippen LogP contribution in [0.1, 0.15) is 25.0 Å². The van der Waals surface area contributed by atoms with E-state index in [-0.39, 0.29) is 5.41 Å². The Morgan fingerprint density at radius 3 is 1.91 bits per heavy atom. The van der Waals surface area contributed by atoms with Crippen LogP contribution in [-0.2, 0) is 5.41 Å². The third-order valence-corrected chi connectivity index (χ3v) is 9.76. The van der Waals surface area contributed by atoms with Gasteiger partial charge in [0.25, 0.3) is 0 Å². The fourth-order valence-electron chi connectivity index (χ4n) is 7.28. The summed E-state index contributed by atoms with van der Waals surface area (Å²) >= 11 is 0. The van der Waals surface area contributed by atoms with Crippen LogP contribution < -0.4 is 0 Å². The van der Waals surface area contributed by atoms with Crippen LogP contribution in [0.2, 0.25) is 0 Å². The van der Waals surface area contributed by atoms with Crippen molar-refractivity contribution in [1.82, 2.24) is 15.0 Å². The Morgan fingerprint density at radius 2 is 1.11 bits per heavy atom. The minimum atomic E-state index is -0.0396. The van der Waals surface area contributed by atoms with E-state index in [0.29, 0.717) is 5.82 Å². The Labute approximate surface area is 274 Å². The molecule has 2 heterocycles. The topological polar surface area (TPSA) is 38.7 Å². The van der Waals surface area contributed by atoms with Crippen LogP contribution in [-0.4, -0.2) is 15.0 Å². The molecule has 0 atom stereocenters. The summed E-state index contributed by atoms with van der Waals surface area (Å²) in [5.41, 5.74) is 12.6. The van der Waals surface area contributed by atoms with Gasteiger partial charge < -0.3 is 0 Å². The zero-order valence-electron chi connectivity index (χ0n) is 26.3. The summed E-state index contributed by atoms with van der Waals surface area (Å²) in [4.78, 5) is 14.4. The molecule has 0 saturated heterocycles. The van der Waals surface area contributed by atoms with Gasteiger partial charge in [-0.1, -0.05) is 111 Å². The zero-order chi connectivity index (χ0) is 31.5. The van der Waals surface area contributed by atoms with Gasteiger partial charge in [0.15, 0.2) is 5.82 Å². The Morgan fingerprint density at radius 1 is 0.426 bits per heavy atom. The lowest BCUT2D eigenvalue weighted by molar-refractivity contribution is 0.661. The number of nitrogens with zero attached hydrogens (tertiary/aromatic N) is 3. The van der Waals surface area contributed by atoms with Gasteiger partial charge in [-0.3, -0.25) is 4.98 Å². The molecule has 2 aromatic heterocycles. The largest absolute Gasteiger partial charge is 0.265 e. The summed E-state index contributed by atoms with van der Waals surface area (Å²) in [7, 11) is 0. The summed E-state index contributed by atoms with van der Waals surface area (Å²) in [6.07, 6.45) is 3.66. The fraction of sp³-hybridized carbons (Fsp3) is 0.0682. The van der Waals surface area contributed by atoms with Gasteiger partial charge >= 0.3 is 0 Å². The quantitative estimate of drug-likeness (QED) is 0.188. The van der Waals surface area contributed by atoms with Gasteiger partial charge in [-0.25, -0.2) is 9.97 Å². The average Bonchev–Trinajstić information content (AvgIpc) is 3.36. The Balaban J connectivity index is 1.19. The molecule has 0 unspecified atom stereocenters. The van der Waals surface area contributed by atoms with Crippen LogP contribution in [0.3, 0.4) is 0 Å². The second kappa shape index (κ2) is 10.6. The third-order valence-electron chi connectivity index (χ3n) is 9.76. The van der Waals surface area contributed by atoms with Gasteiger partial charge in [-0.05, 0) is 97.4 Å². The number of hydrogen-bond donors (Lipinski definition) is 0. The highest BCUT2D eigenvalue weighted by molar-refractivity contribution is 6.10. The number of pyridine rings is 1. The molecule has 6 aromatic carbocycles. The van der Waals surface area contributed by atoms with Gasteiger partial charge in [0.2, 0.25) is 0 Å². The van der Waals surface area contributed by atoms with E-state index in [1.165, 1.54) is 43.8 Å². The molecule has 0 bridgehead atoms. The molecule has 9 rings (SSSR count). The lowest BCUT2D eigenvalue weighted by Gasteiger charge is -2.22. The van der Waals surface area contributed by atoms with Gasteiger partial charge in [0.05, 0.1) is 11.4 Å². The maximum absolute atomic E-state index is 5.12. The highest BCUT2D eigenvalue weighted by Crippen LogP contribution is 2.50. The van der Waals surface area contributed by atoms with Gasteiger partial charge in [0, 0.05) is 34.5 Å². The number of rotatable bonds is 4. The first kappa shape index (κ1) is 27.4. The molecule has 1 aliphatic carbocycles. The maximum atomic E-state index is 5.12. The van der Waals surface area contributed by atoms with Crippen molar-refractivity contribution in [2.75, 3.05) is 0 Å². The third kappa shape index (κ3) is 4.54. The molecule has 0 radical (unpaired) electrons. The van der Waals surface area contributed by atoms with Crippen LogP contribution in [0.5, 0.6) is 0 Å². The number of fused-ring (bicyclic) bond motifs is 6. The van der Waals surface area contributed by atoms with Crippen molar-refractivity contribution in [2.24, 2.45) is 0 Å². The molecule has 0 N–H and O–H groups in total. The van der Waals surface area contributed by atoms with Gasteiger partial charge in [0.1, 0.15) is 0 Å². The molecule has 47 heavy (non-hydrogen) atoms. The predicted octanol–water partition coefficient (Wildman–Crippen LogP) is 11.2. The number of aromatic nitrogens is 3. The summed E-state index contributed by atoms with van der Waals surface area (Å²) in [5, 5.41) is 5.00. The van der Waals surface area contributed by atoms with Crippen molar-refractivity contribution in [3.8, 4) is 56.2 Å². The SMILES string of the molecule is CC1(C)c2ccccc2-c2cc3ccc4cc(-c5cc(-c6cccc(-c7ccncc7)c6)nc(-c6ccccc6)n5)ccc4c3cc21. The number of benzene rings is 6. The molecule has 3 nitrogen and oxygen atoms in total. The van der Waals surface area contributed by atoms with Gasteiger partial charge in [-0.15, -0.1) is 0 Å². The molecule has 1 aliphatic rings. The smallest absolute Gasteiger partial charge is 0.160 e. The van der Waals surface area contributed by atoms with Crippen molar-refractivity contribution in [2.45, 2.75) is 19.3 Å². The standard InChI is InChI=1S/C44H31N3/c1-44(2)39-14-7-6-13-36(39)38-25-32-16-15-31-24-34(17-18-35(31)37(32)26-40(38)44)42-27-41(46-43(47-42)29-9-4-3-5-10-29)33-12-8-11-30(23-33)28-19-21-45-22-20-28/h3-27H,1-2H3. The predicted molar refractivity (Wildman–Crippen MR) is 194 cm³/mol. The van der Waals surface area contributed by atoms with E-state index >= 15 is 0 Å². The van der Waals surface area contributed by atoms with Crippen LogP contribution >= 0.6 is 0 Å². The minimum absolute atomic E-state index is 0.0396. The lowest BCUT2D eigenvalue weighted by Crippen LogP contribution is -2.14. The minimum Gasteiger partial charge on any atom is -0.265 e. The van der Waals surface area contributed by atoms with Crippen molar-refractivity contribution >= 4 is 21.5 Å². The molecule has 0 aliphatic heterocycles. The van der Waals surface area contributed by atoms with E-state index in [0.717, 1.165) is 39.2 Å². The Hall–Kier alpha value is -5.93. The molecular formula is C44H31N3. The van der Waals surface area contributed by atoms with Crippen molar-refractivity contribution in [3.63, 3.8) is 0 Å². The van der Waals surface area contributed by atoms with E-state index in [1.807, 2.05) is 42.7 Å². The van der Waals surface area contributed by atoms with E-state index in [9.17, 15) is 0 Å². The molecule has 0 saturated carbocycles. The van der Waals surface area contributed by atoms with E-state index in [2.05, 4.69) is 128 Å². The molecular weight excluding hydrogens is 571 g/mol. The van der Waals surface area contributed by atoms with E-state index < -0.39 is 0 Å². The Kier molecular flexibility index (Phi) is 6.16. The van der Waals surface area contributed by atoms with E-state index in [1.54, 1.807) is 0 Å². The maximum Gasteiger partial charge on any atom is 0.160 e. The lowest BCUT2D eigenvalue weighted by atomic mass is 9.81. The molecule has 0 fully saturated rings. The van der Waals surface area contributed by atoms with Crippen LogP contribution in [0, 0.1) is 0 Å². The highest BCUT2D eigenvalue weighted by Gasteiger charge is 2.35. The molecule has 222 valence electrons. The second-order valence-electron chi connectivity index (χ2n) is 12.9. The molecule has 0 amide bonds. The van der Waals surface area contributed by atoms with Gasteiger partial charge in [-0.2, -0.15) is 0 Å². The van der Waals surface area contributed by atoms with Crippen molar-refractivity contribution in [1.29, 1.82) is 0 Å². The fourth-order valence-corrected chi connectivity index (χ4v) is 7.28. The molecule has 8 aromatic rings. The summed E-state index contributed by atoms with van der Waals surface area (Å²) < 4.78 is 0. The van der Waals surface area contributed by atoms with Crippen molar-refractivity contribution < 1.29 is 0 Å². The highest BCUT2D eigenvalue weighted by atomic mass is 14.9. The van der Waals surface area contributed by atoms with Crippen LogP contribution in [0.4, 0.5) is 0 Å². The first-order valence-corrected chi connectivity index (χ1v) is 16.1. The first-order chi connectivity index (χ1) is 23.0. The molecule has 3 heteroatoms. The second-order valence-corrected chi connectivity index (χ2v) is 12.9. The Bertz CT molecular complexity index is 2480. The monoisotopic (exact) mass is 601 g/mol. The summed E-state index contributed by atoms with van der Waals surface area (Å²) in [5.74, 6) is 0.711. The molecule has 0 spiro atoms.